The van der Waals surface area contributed by atoms with Gasteiger partial charge in [-0.3, -0.25) is 4.57 Å². The molecule has 6 heteroatoms. The molecule has 0 saturated heterocycles. The van der Waals surface area contributed by atoms with Gasteiger partial charge in [0, 0.05) is 13.1 Å². The van der Waals surface area contributed by atoms with Gasteiger partial charge in [-0.1, -0.05) is 32.5 Å². The van der Waals surface area contributed by atoms with Crippen molar-refractivity contribution < 1.29 is 0 Å². The molecule has 0 aliphatic heterocycles. The van der Waals surface area contributed by atoms with Crippen molar-refractivity contribution in [1.29, 1.82) is 0 Å². The predicted molar refractivity (Wildman–Crippen MR) is 69.7 cm³/mol. The normalized spacial score (nSPS) is 11.8. The third kappa shape index (κ3) is 3.21. The summed E-state index contributed by atoms with van der Waals surface area (Å²) in [6.07, 6.45) is 1.81. The van der Waals surface area contributed by atoms with Crippen molar-refractivity contribution in [3.63, 3.8) is 0 Å². The molecule has 0 aromatic carbocycles. The fraction of sp³-hybridized carbons (Fsp3) is 0.727. The quantitative estimate of drug-likeness (QED) is 0.763. The summed E-state index contributed by atoms with van der Waals surface area (Å²) in [5.41, 5.74) is -0.859. The van der Waals surface area contributed by atoms with E-state index in [1.165, 1.54) is 20.9 Å². The Morgan fingerprint density at radius 2 is 1.82 bits per heavy atom. The molecule has 5 nitrogen and oxygen atoms in total. The first-order valence-electron chi connectivity index (χ1n) is 5.56. The van der Waals surface area contributed by atoms with E-state index in [1.807, 2.05) is 34.0 Å². The van der Waals surface area contributed by atoms with Gasteiger partial charge in [0.1, 0.15) is 0 Å². The van der Waals surface area contributed by atoms with Crippen molar-refractivity contribution >= 4 is 11.8 Å². The Bertz CT molecular complexity index is 511. The summed E-state index contributed by atoms with van der Waals surface area (Å²) >= 11 is 1.31. The van der Waals surface area contributed by atoms with Crippen LogP contribution in [0.1, 0.15) is 27.7 Å². The molecule has 1 aromatic heterocycles. The zero-order valence-electron chi connectivity index (χ0n) is 11.0. The summed E-state index contributed by atoms with van der Waals surface area (Å²) in [4.78, 5) is 27.9. The van der Waals surface area contributed by atoms with E-state index in [1.54, 1.807) is 0 Å². The molecule has 0 spiro atoms. The molecular formula is C11H19N3O2S. The van der Waals surface area contributed by atoms with Crippen molar-refractivity contribution in [1.82, 2.24) is 14.1 Å². The third-order valence-corrected chi connectivity index (χ3v) is 2.92. The standard InChI is InChI=1S/C11H19N3O2S/c1-6-13-9(17-5)12-8(15)14(10(13)16)7-11(2,3)4/h6-7H2,1-5H3. The van der Waals surface area contributed by atoms with Crippen molar-refractivity contribution in [2.75, 3.05) is 6.26 Å². The zero-order chi connectivity index (χ0) is 13.2. The first-order chi connectivity index (χ1) is 7.80. The Labute approximate surface area is 105 Å². The fourth-order valence-corrected chi connectivity index (χ4v) is 2.14. The molecule has 0 aliphatic rings. The van der Waals surface area contributed by atoms with Crippen LogP contribution in [0.4, 0.5) is 0 Å². The first-order valence-corrected chi connectivity index (χ1v) is 6.78. The second-order valence-electron chi connectivity index (χ2n) is 5.05. The smallest absolute Gasteiger partial charge is 0.273 e. The van der Waals surface area contributed by atoms with Gasteiger partial charge in [0.2, 0.25) is 0 Å². The summed E-state index contributed by atoms with van der Waals surface area (Å²) in [5.74, 6) is 0. The van der Waals surface area contributed by atoms with E-state index in [9.17, 15) is 9.59 Å². The second-order valence-corrected chi connectivity index (χ2v) is 5.83. The van der Waals surface area contributed by atoms with Crippen LogP contribution in [-0.4, -0.2) is 20.4 Å². The SMILES string of the molecule is CCn1c(SC)nc(=O)n(CC(C)(C)C)c1=O. The van der Waals surface area contributed by atoms with Gasteiger partial charge in [0.25, 0.3) is 0 Å². The number of thioether (sulfide) groups is 1. The lowest BCUT2D eigenvalue weighted by Crippen LogP contribution is -2.44. The number of aromatic nitrogens is 3. The predicted octanol–water partition coefficient (Wildman–Crippen LogP) is 1.19. The van der Waals surface area contributed by atoms with Crippen molar-refractivity contribution in [3.05, 3.63) is 21.0 Å². The number of nitrogens with zero attached hydrogens (tertiary/aromatic N) is 3. The number of rotatable bonds is 3. The fourth-order valence-electron chi connectivity index (χ4n) is 1.55. The summed E-state index contributed by atoms with van der Waals surface area (Å²) in [7, 11) is 0. The van der Waals surface area contributed by atoms with Crippen LogP contribution >= 0.6 is 11.8 Å². The largest absolute Gasteiger partial charge is 0.354 e. The van der Waals surface area contributed by atoms with Gasteiger partial charge in [-0.05, 0) is 18.6 Å². The lowest BCUT2D eigenvalue weighted by atomic mass is 9.97. The highest BCUT2D eigenvalue weighted by molar-refractivity contribution is 7.98. The summed E-state index contributed by atoms with van der Waals surface area (Å²) in [5, 5.41) is 0.479. The second kappa shape index (κ2) is 5.08. The van der Waals surface area contributed by atoms with Crippen molar-refractivity contribution in [3.8, 4) is 0 Å². The molecule has 0 amide bonds. The zero-order valence-corrected chi connectivity index (χ0v) is 11.8. The van der Waals surface area contributed by atoms with E-state index in [2.05, 4.69) is 4.98 Å². The van der Waals surface area contributed by atoms with Gasteiger partial charge in [0.15, 0.2) is 5.16 Å². The van der Waals surface area contributed by atoms with Crippen LogP contribution in [0.2, 0.25) is 0 Å². The highest BCUT2D eigenvalue weighted by Gasteiger charge is 2.17. The monoisotopic (exact) mass is 257 g/mol. The van der Waals surface area contributed by atoms with Gasteiger partial charge >= 0.3 is 11.4 Å². The van der Waals surface area contributed by atoms with E-state index in [4.69, 9.17) is 0 Å². The molecule has 0 atom stereocenters. The third-order valence-electron chi connectivity index (χ3n) is 2.25. The van der Waals surface area contributed by atoms with E-state index in [0.29, 0.717) is 18.2 Å². The van der Waals surface area contributed by atoms with Gasteiger partial charge in [-0.25, -0.2) is 14.2 Å². The van der Waals surface area contributed by atoms with Crippen LogP contribution in [0.15, 0.2) is 14.7 Å². The minimum atomic E-state index is -0.459. The van der Waals surface area contributed by atoms with Crippen LogP contribution in [0.5, 0.6) is 0 Å². The van der Waals surface area contributed by atoms with E-state index >= 15 is 0 Å². The average molecular weight is 257 g/mol. The van der Waals surface area contributed by atoms with E-state index in [0.717, 1.165) is 0 Å². The summed E-state index contributed by atoms with van der Waals surface area (Å²) < 4.78 is 2.74. The topological polar surface area (TPSA) is 56.9 Å². The van der Waals surface area contributed by atoms with Gasteiger partial charge in [-0.15, -0.1) is 0 Å². The Morgan fingerprint density at radius 1 is 1.24 bits per heavy atom. The van der Waals surface area contributed by atoms with E-state index in [-0.39, 0.29) is 11.1 Å². The Balaban J connectivity index is 3.43. The molecule has 1 rings (SSSR count). The van der Waals surface area contributed by atoms with E-state index < -0.39 is 5.69 Å². The maximum absolute atomic E-state index is 12.2. The molecule has 0 aliphatic carbocycles. The maximum atomic E-state index is 12.2. The molecule has 17 heavy (non-hydrogen) atoms. The number of hydrogen-bond acceptors (Lipinski definition) is 4. The summed E-state index contributed by atoms with van der Waals surface area (Å²) in [6.45, 7) is 8.72. The Kier molecular flexibility index (Phi) is 4.19. The molecule has 96 valence electrons. The molecule has 0 radical (unpaired) electrons. The van der Waals surface area contributed by atoms with Crippen molar-refractivity contribution in [2.45, 2.75) is 45.9 Å². The Hall–Kier alpha value is -1.04. The molecule has 0 fully saturated rings. The summed E-state index contributed by atoms with van der Waals surface area (Å²) in [6, 6.07) is 0. The highest BCUT2D eigenvalue weighted by atomic mass is 32.2. The lowest BCUT2D eigenvalue weighted by Gasteiger charge is -2.19. The van der Waals surface area contributed by atoms with Crippen LogP contribution in [0, 0.1) is 5.41 Å². The average Bonchev–Trinajstić information content (AvgIpc) is 2.22. The molecule has 1 aromatic rings. The van der Waals surface area contributed by atoms with Gasteiger partial charge in [0.05, 0.1) is 0 Å². The van der Waals surface area contributed by atoms with Crippen molar-refractivity contribution in [2.24, 2.45) is 5.41 Å². The van der Waals surface area contributed by atoms with Crippen LogP contribution in [-0.2, 0) is 13.1 Å². The molecule has 0 unspecified atom stereocenters. The molecule has 0 bridgehead atoms. The minimum absolute atomic E-state index is 0.128. The minimum Gasteiger partial charge on any atom is -0.273 e. The molecular weight excluding hydrogens is 238 g/mol. The first kappa shape index (κ1) is 14.0. The Morgan fingerprint density at radius 3 is 2.24 bits per heavy atom. The number of hydrogen-bond donors (Lipinski definition) is 0. The molecule has 0 saturated carbocycles. The van der Waals surface area contributed by atoms with Crippen LogP contribution in [0.25, 0.3) is 0 Å². The maximum Gasteiger partial charge on any atom is 0.354 e. The van der Waals surface area contributed by atoms with Crippen LogP contribution < -0.4 is 11.4 Å². The van der Waals surface area contributed by atoms with Crippen LogP contribution in [0.3, 0.4) is 0 Å². The van der Waals surface area contributed by atoms with Gasteiger partial charge < -0.3 is 0 Å². The lowest BCUT2D eigenvalue weighted by molar-refractivity contribution is 0.316. The molecule has 0 N–H and O–H groups in total. The molecule has 1 heterocycles. The van der Waals surface area contributed by atoms with Gasteiger partial charge in [-0.2, -0.15) is 4.98 Å². The highest BCUT2D eigenvalue weighted by Crippen LogP contribution is 2.14.